The fourth-order valence-electron chi connectivity index (χ4n) is 2.11. The summed E-state index contributed by atoms with van der Waals surface area (Å²) in [6, 6.07) is 1.31. The quantitative estimate of drug-likeness (QED) is 0.856. The molecule has 1 aliphatic heterocycles. The minimum atomic E-state index is -3.62. The molecule has 1 aromatic heterocycles. The minimum absolute atomic E-state index is 0.0666. The number of nitrogens with one attached hydrogen (secondary N) is 1. The number of likely N-dealkylation sites (N-methyl/N-ethyl adjacent to an activating group) is 1. The number of likely N-dealkylation sites (tertiary alicyclic amines) is 1. The summed E-state index contributed by atoms with van der Waals surface area (Å²) in [4.78, 5) is 13.1. The highest BCUT2D eigenvalue weighted by molar-refractivity contribution is 7.91. The normalized spacial score (nSPS) is 20.8. The largest absolute Gasteiger partial charge is 0.477 e. The van der Waals surface area contributed by atoms with Crippen molar-refractivity contribution >= 4 is 27.3 Å². The van der Waals surface area contributed by atoms with E-state index in [-0.39, 0.29) is 15.1 Å². The summed E-state index contributed by atoms with van der Waals surface area (Å²) in [6.45, 7) is 3.13. The lowest BCUT2D eigenvalue weighted by atomic mass is 10.3. The predicted molar refractivity (Wildman–Crippen MR) is 72.2 cm³/mol. The molecule has 0 aromatic carbocycles. The molecule has 0 bridgehead atoms. The summed E-state index contributed by atoms with van der Waals surface area (Å²) in [5.74, 6) is -1.09. The summed E-state index contributed by atoms with van der Waals surface area (Å²) in [7, 11) is -1.69. The Hall–Kier alpha value is -0.960. The van der Waals surface area contributed by atoms with Gasteiger partial charge in [-0.15, -0.1) is 11.3 Å². The molecule has 2 N–H and O–H groups in total. The van der Waals surface area contributed by atoms with Gasteiger partial charge in [0.25, 0.3) is 0 Å². The van der Waals surface area contributed by atoms with Crippen LogP contribution in [0.25, 0.3) is 0 Å². The molecular formula is C11H16N2O4S2. The average molecular weight is 304 g/mol. The Morgan fingerprint density at radius 1 is 1.58 bits per heavy atom. The molecule has 0 radical (unpaired) electrons. The van der Waals surface area contributed by atoms with Gasteiger partial charge in [-0.3, -0.25) is 0 Å². The molecule has 1 unspecified atom stereocenters. The molecule has 1 saturated heterocycles. The van der Waals surface area contributed by atoms with Gasteiger partial charge < -0.3 is 10.0 Å². The third-order valence-electron chi connectivity index (χ3n) is 3.07. The van der Waals surface area contributed by atoms with E-state index >= 15 is 0 Å². The van der Waals surface area contributed by atoms with E-state index in [1.54, 1.807) is 6.92 Å². The van der Waals surface area contributed by atoms with Gasteiger partial charge in [0, 0.05) is 12.6 Å². The molecule has 0 spiro atoms. The number of carboxylic acid groups (broad SMARTS) is 1. The standard InChI is InChI=1S/C11H16N2O4S2/c1-7-5-9(18-10(7)11(14)15)19(16,17)12-8-3-4-13(2)6-8/h5,8,12H,3-4,6H2,1-2H3,(H,14,15). The highest BCUT2D eigenvalue weighted by Crippen LogP contribution is 2.26. The number of carbonyl (C=O) groups is 1. The van der Waals surface area contributed by atoms with Gasteiger partial charge in [0.05, 0.1) is 0 Å². The van der Waals surface area contributed by atoms with Crippen molar-refractivity contribution in [1.82, 2.24) is 9.62 Å². The number of rotatable bonds is 4. The first kappa shape index (κ1) is 14.4. The number of thiophene rings is 1. The maximum atomic E-state index is 12.2. The molecule has 2 heterocycles. The summed E-state index contributed by atoms with van der Waals surface area (Å²) in [5.41, 5.74) is 0.474. The van der Waals surface area contributed by atoms with Crippen LogP contribution in [0.2, 0.25) is 0 Å². The first-order valence-electron chi connectivity index (χ1n) is 5.84. The number of hydrogen-bond donors (Lipinski definition) is 2. The molecule has 2 rings (SSSR count). The SMILES string of the molecule is Cc1cc(S(=O)(=O)NC2CCN(C)C2)sc1C(=O)O. The van der Waals surface area contributed by atoms with E-state index in [2.05, 4.69) is 9.62 Å². The number of aryl methyl sites for hydroxylation is 1. The molecule has 1 fully saturated rings. The minimum Gasteiger partial charge on any atom is -0.477 e. The molecule has 0 saturated carbocycles. The van der Waals surface area contributed by atoms with Gasteiger partial charge in [-0.2, -0.15) is 0 Å². The van der Waals surface area contributed by atoms with Crippen LogP contribution >= 0.6 is 11.3 Å². The van der Waals surface area contributed by atoms with Crippen molar-refractivity contribution in [3.8, 4) is 0 Å². The van der Waals surface area contributed by atoms with E-state index in [4.69, 9.17) is 5.11 Å². The van der Waals surface area contributed by atoms with Crippen LogP contribution in [0.4, 0.5) is 0 Å². The van der Waals surface area contributed by atoms with Crippen molar-refractivity contribution in [2.45, 2.75) is 23.6 Å². The molecule has 1 atom stereocenters. The van der Waals surface area contributed by atoms with Crippen molar-refractivity contribution in [3.05, 3.63) is 16.5 Å². The van der Waals surface area contributed by atoms with Crippen molar-refractivity contribution in [1.29, 1.82) is 0 Å². The second-order valence-corrected chi connectivity index (χ2v) is 7.74. The fourth-order valence-corrected chi connectivity index (χ4v) is 4.76. The zero-order valence-corrected chi connectivity index (χ0v) is 12.3. The maximum absolute atomic E-state index is 12.2. The van der Waals surface area contributed by atoms with Gasteiger partial charge in [-0.05, 0) is 38.6 Å². The number of nitrogens with zero attached hydrogens (tertiary/aromatic N) is 1. The molecule has 19 heavy (non-hydrogen) atoms. The van der Waals surface area contributed by atoms with Crippen LogP contribution < -0.4 is 4.72 Å². The second kappa shape index (κ2) is 5.20. The predicted octanol–water partition coefficient (Wildman–Crippen LogP) is 0.737. The smallest absolute Gasteiger partial charge is 0.346 e. The lowest BCUT2D eigenvalue weighted by Crippen LogP contribution is -2.36. The van der Waals surface area contributed by atoms with Crippen LogP contribution in [-0.4, -0.2) is 50.6 Å². The van der Waals surface area contributed by atoms with Gasteiger partial charge >= 0.3 is 5.97 Å². The number of sulfonamides is 1. The van der Waals surface area contributed by atoms with Crippen LogP contribution in [-0.2, 0) is 10.0 Å². The highest BCUT2D eigenvalue weighted by atomic mass is 32.2. The van der Waals surface area contributed by atoms with Gasteiger partial charge in [0.15, 0.2) is 0 Å². The van der Waals surface area contributed by atoms with Crippen molar-refractivity contribution in [2.75, 3.05) is 20.1 Å². The van der Waals surface area contributed by atoms with Gasteiger partial charge in [-0.1, -0.05) is 0 Å². The Labute approximate surface area is 116 Å². The van der Waals surface area contributed by atoms with Crippen LogP contribution in [0.3, 0.4) is 0 Å². The number of hydrogen-bond acceptors (Lipinski definition) is 5. The summed E-state index contributed by atoms with van der Waals surface area (Å²) in [5, 5.41) is 8.95. The van der Waals surface area contributed by atoms with Crippen molar-refractivity contribution in [3.63, 3.8) is 0 Å². The van der Waals surface area contributed by atoms with Crippen LogP contribution in [0, 0.1) is 6.92 Å². The molecule has 8 heteroatoms. The summed E-state index contributed by atoms with van der Waals surface area (Å²) < 4.78 is 27.0. The Morgan fingerprint density at radius 3 is 2.74 bits per heavy atom. The lowest BCUT2D eigenvalue weighted by Gasteiger charge is -2.12. The zero-order chi connectivity index (χ0) is 14.2. The summed E-state index contributed by atoms with van der Waals surface area (Å²) >= 11 is 0.795. The van der Waals surface area contributed by atoms with E-state index in [1.165, 1.54) is 6.07 Å². The maximum Gasteiger partial charge on any atom is 0.346 e. The van der Waals surface area contributed by atoms with Crippen molar-refractivity contribution in [2.24, 2.45) is 0 Å². The Morgan fingerprint density at radius 2 is 2.26 bits per heavy atom. The summed E-state index contributed by atoms with van der Waals surface area (Å²) in [6.07, 6.45) is 0.770. The van der Waals surface area contributed by atoms with E-state index in [0.717, 1.165) is 24.3 Å². The molecule has 0 amide bonds. The fraction of sp³-hybridized carbons (Fsp3) is 0.545. The van der Waals surface area contributed by atoms with Crippen LogP contribution in [0.5, 0.6) is 0 Å². The molecule has 0 aliphatic carbocycles. The van der Waals surface area contributed by atoms with E-state index in [1.807, 2.05) is 7.05 Å². The van der Waals surface area contributed by atoms with Gasteiger partial charge in [-0.25, -0.2) is 17.9 Å². The highest BCUT2D eigenvalue weighted by Gasteiger charge is 2.27. The molecule has 106 valence electrons. The second-order valence-electron chi connectivity index (χ2n) is 4.75. The Bertz CT molecular complexity index is 594. The topological polar surface area (TPSA) is 86.7 Å². The third-order valence-corrected chi connectivity index (χ3v) is 6.29. The third kappa shape index (κ3) is 3.14. The first-order chi connectivity index (χ1) is 8.79. The first-order valence-corrected chi connectivity index (χ1v) is 8.14. The van der Waals surface area contributed by atoms with Gasteiger partial charge in [0.2, 0.25) is 10.0 Å². The van der Waals surface area contributed by atoms with Gasteiger partial charge in [0.1, 0.15) is 9.09 Å². The number of carboxylic acids is 1. The Balaban J connectivity index is 2.20. The van der Waals surface area contributed by atoms with E-state index in [9.17, 15) is 13.2 Å². The molecule has 1 aliphatic rings. The number of aromatic carboxylic acids is 1. The van der Waals surface area contributed by atoms with E-state index in [0.29, 0.717) is 12.1 Å². The molecule has 1 aromatic rings. The van der Waals surface area contributed by atoms with E-state index < -0.39 is 16.0 Å². The molecule has 6 nitrogen and oxygen atoms in total. The van der Waals surface area contributed by atoms with Crippen molar-refractivity contribution < 1.29 is 18.3 Å². The van der Waals surface area contributed by atoms with Crippen LogP contribution in [0.1, 0.15) is 21.7 Å². The molecular weight excluding hydrogens is 288 g/mol. The average Bonchev–Trinajstić information content (AvgIpc) is 2.84. The van der Waals surface area contributed by atoms with Crippen LogP contribution in [0.15, 0.2) is 10.3 Å². The monoisotopic (exact) mass is 304 g/mol. The lowest BCUT2D eigenvalue weighted by molar-refractivity contribution is 0.0701. The zero-order valence-electron chi connectivity index (χ0n) is 10.7. The Kier molecular flexibility index (Phi) is 3.95.